The Balaban J connectivity index is 2.43. The van der Waals surface area contributed by atoms with Crippen LogP contribution in [0.1, 0.15) is 12.8 Å². The first-order valence-corrected chi connectivity index (χ1v) is 5.28. The van der Waals surface area contributed by atoms with Crippen LogP contribution < -0.4 is 22.4 Å². The summed E-state index contributed by atoms with van der Waals surface area (Å²) in [5.74, 6) is 3.96. The van der Waals surface area contributed by atoms with Gasteiger partial charge in [-0.1, -0.05) is 0 Å². The molecule has 0 saturated heterocycles. The van der Waals surface area contributed by atoms with Crippen LogP contribution in [0.15, 0.2) is 0 Å². The number of nitrogens with two attached hydrogens (primary N) is 2. The molecule has 0 fully saturated rings. The van der Waals surface area contributed by atoms with Crippen LogP contribution in [0.3, 0.4) is 0 Å². The summed E-state index contributed by atoms with van der Waals surface area (Å²) in [5, 5.41) is 14.5. The molecule has 11 heteroatoms. The van der Waals surface area contributed by atoms with Gasteiger partial charge in [-0.2, -0.15) is 4.68 Å². The zero-order valence-electron chi connectivity index (χ0n) is 9.21. The predicted octanol–water partition coefficient (Wildman–Crippen LogP) is -1.71. The van der Waals surface area contributed by atoms with Gasteiger partial charge < -0.3 is 16.7 Å². The van der Waals surface area contributed by atoms with Crippen LogP contribution in [0.2, 0.25) is 0 Å². The van der Waals surface area contributed by atoms with Crippen LogP contribution in [-0.2, 0) is 9.59 Å². The molecule has 1 heterocycles. The Morgan fingerprint density at radius 1 is 1.61 bits per heavy atom. The molecule has 1 aromatic heterocycles. The van der Waals surface area contributed by atoms with Crippen molar-refractivity contribution >= 4 is 30.0 Å². The van der Waals surface area contributed by atoms with E-state index < -0.39 is 17.9 Å². The first-order chi connectivity index (χ1) is 8.41. The van der Waals surface area contributed by atoms with Gasteiger partial charge in [0.15, 0.2) is 0 Å². The molecule has 100 valence electrons. The monoisotopic (exact) mass is 275 g/mol. The molecule has 0 aliphatic heterocycles. The molecule has 0 saturated carbocycles. The Bertz CT molecular complexity index is 495. The minimum absolute atomic E-state index is 0.0261. The number of nitrogen functional groups attached to an aromatic ring is 1. The number of nitrogens with one attached hydrogen (secondary N) is 3. The van der Waals surface area contributed by atoms with Gasteiger partial charge in [-0.05, 0) is 18.6 Å². The maximum absolute atomic E-state index is 11.4. The molecule has 0 bridgehead atoms. The lowest BCUT2D eigenvalue weighted by atomic mass is 10.1. The Labute approximate surface area is 106 Å². The van der Waals surface area contributed by atoms with E-state index in [0.717, 1.165) is 4.68 Å². The SMILES string of the molecule is NC(CCC(=O)O)C(=O)NNc1n[nH]c(=S)n1N. The van der Waals surface area contributed by atoms with Crippen molar-refractivity contribution in [2.24, 2.45) is 5.73 Å². The third-order valence-electron chi connectivity index (χ3n) is 2.01. The highest BCUT2D eigenvalue weighted by atomic mass is 32.1. The molecule has 0 radical (unpaired) electrons. The molecule has 1 unspecified atom stereocenters. The first-order valence-electron chi connectivity index (χ1n) is 4.87. The van der Waals surface area contributed by atoms with Crippen LogP contribution in [-0.4, -0.2) is 37.9 Å². The number of carbonyl (C=O) groups is 2. The van der Waals surface area contributed by atoms with E-state index >= 15 is 0 Å². The highest BCUT2D eigenvalue weighted by Crippen LogP contribution is 1.98. The molecule has 0 spiro atoms. The predicted molar refractivity (Wildman–Crippen MR) is 64.2 cm³/mol. The van der Waals surface area contributed by atoms with Gasteiger partial charge in [0.1, 0.15) is 0 Å². The van der Waals surface area contributed by atoms with Crippen molar-refractivity contribution in [3.63, 3.8) is 0 Å². The highest BCUT2D eigenvalue weighted by molar-refractivity contribution is 7.71. The quantitative estimate of drug-likeness (QED) is 0.203. The van der Waals surface area contributed by atoms with Gasteiger partial charge in [0.05, 0.1) is 6.04 Å². The number of nitrogens with zero attached hydrogens (tertiary/aromatic N) is 2. The Kier molecular flexibility index (Phi) is 4.62. The minimum atomic E-state index is -1.02. The second kappa shape index (κ2) is 5.97. The fourth-order valence-corrected chi connectivity index (χ4v) is 1.15. The van der Waals surface area contributed by atoms with Crippen LogP contribution in [0, 0.1) is 4.77 Å². The Morgan fingerprint density at radius 3 is 2.78 bits per heavy atom. The lowest BCUT2D eigenvalue weighted by Crippen LogP contribution is -2.44. The van der Waals surface area contributed by atoms with Gasteiger partial charge >= 0.3 is 5.97 Å². The van der Waals surface area contributed by atoms with Gasteiger partial charge in [-0.25, -0.2) is 5.10 Å². The van der Waals surface area contributed by atoms with Gasteiger partial charge in [-0.15, -0.1) is 5.10 Å². The van der Waals surface area contributed by atoms with E-state index in [9.17, 15) is 9.59 Å². The average molecular weight is 275 g/mol. The topological polar surface area (TPSA) is 164 Å². The number of carboxylic acids is 1. The normalized spacial score (nSPS) is 11.8. The number of H-pyrrole nitrogens is 1. The molecule has 1 amide bonds. The number of anilines is 1. The van der Waals surface area contributed by atoms with E-state index in [2.05, 4.69) is 21.0 Å². The third-order valence-corrected chi connectivity index (χ3v) is 2.30. The number of hydrazine groups is 1. The molecular weight excluding hydrogens is 262 g/mol. The number of hydrogen-bond donors (Lipinski definition) is 6. The summed E-state index contributed by atoms with van der Waals surface area (Å²) in [6.45, 7) is 0. The fourth-order valence-electron chi connectivity index (χ4n) is 1.01. The number of carbonyl (C=O) groups excluding carboxylic acids is 1. The number of rotatable bonds is 6. The van der Waals surface area contributed by atoms with Gasteiger partial charge in [0, 0.05) is 6.42 Å². The van der Waals surface area contributed by atoms with E-state index in [4.69, 9.17) is 28.9 Å². The molecule has 1 rings (SSSR count). The van der Waals surface area contributed by atoms with Crippen LogP contribution in [0.4, 0.5) is 5.95 Å². The number of carboxylic acid groups (broad SMARTS) is 1. The highest BCUT2D eigenvalue weighted by Gasteiger charge is 2.15. The lowest BCUT2D eigenvalue weighted by Gasteiger charge is -2.11. The fraction of sp³-hybridized carbons (Fsp3) is 0.429. The van der Waals surface area contributed by atoms with E-state index in [1.54, 1.807) is 0 Å². The van der Waals surface area contributed by atoms with E-state index in [1.807, 2.05) is 0 Å². The lowest BCUT2D eigenvalue weighted by molar-refractivity contribution is -0.137. The van der Waals surface area contributed by atoms with Crippen molar-refractivity contribution in [2.75, 3.05) is 11.3 Å². The minimum Gasteiger partial charge on any atom is -0.481 e. The number of hydrogen-bond acceptors (Lipinski definition) is 7. The van der Waals surface area contributed by atoms with E-state index in [1.165, 1.54) is 0 Å². The molecule has 18 heavy (non-hydrogen) atoms. The van der Waals surface area contributed by atoms with Crippen molar-refractivity contribution in [2.45, 2.75) is 18.9 Å². The van der Waals surface area contributed by atoms with Gasteiger partial charge in [0.25, 0.3) is 11.9 Å². The van der Waals surface area contributed by atoms with Crippen molar-refractivity contribution in [1.82, 2.24) is 20.3 Å². The first kappa shape index (κ1) is 13.9. The molecule has 1 atom stereocenters. The maximum atomic E-state index is 11.4. The summed E-state index contributed by atoms with van der Waals surface area (Å²) in [7, 11) is 0. The second-order valence-corrected chi connectivity index (χ2v) is 3.76. The summed E-state index contributed by atoms with van der Waals surface area (Å²) in [4.78, 5) is 21.7. The molecular formula is C7H13N7O3S. The second-order valence-electron chi connectivity index (χ2n) is 3.38. The van der Waals surface area contributed by atoms with Crippen LogP contribution in [0.5, 0.6) is 0 Å². The molecule has 1 aromatic rings. The van der Waals surface area contributed by atoms with Crippen molar-refractivity contribution in [3.8, 4) is 0 Å². The van der Waals surface area contributed by atoms with Gasteiger partial charge in [-0.3, -0.25) is 20.4 Å². The van der Waals surface area contributed by atoms with Crippen molar-refractivity contribution in [3.05, 3.63) is 4.77 Å². The van der Waals surface area contributed by atoms with Crippen LogP contribution >= 0.6 is 12.2 Å². The molecule has 0 aromatic carbocycles. The summed E-state index contributed by atoms with van der Waals surface area (Å²) >= 11 is 4.75. The summed E-state index contributed by atoms with van der Waals surface area (Å²) < 4.78 is 1.18. The van der Waals surface area contributed by atoms with E-state index in [0.29, 0.717) is 0 Å². The summed E-state index contributed by atoms with van der Waals surface area (Å²) in [6, 6.07) is -0.943. The van der Waals surface area contributed by atoms with Crippen LogP contribution in [0.25, 0.3) is 0 Å². The average Bonchev–Trinajstić information content (AvgIpc) is 2.64. The Morgan fingerprint density at radius 2 is 2.28 bits per heavy atom. The summed E-state index contributed by atoms with van der Waals surface area (Å²) in [5.41, 5.74) is 10.1. The number of aromatic nitrogens is 3. The smallest absolute Gasteiger partial charge is 0.303 e. The number of aliphatic carboxylic acids is 1. The molecule has 10 nitrogen and oxygen atoms in total. The van der Waals surface area contributed by atoms with Gasteiger partial charge in [0.2, 0.25) is 4.77 Å². The molecule has 0 aliphatic carbocycles. The molecule has 0 aliphatic rings. The van der Waals surface area contributed by atoms with Crippen molar-refractivity contribution in [1.29, 1.82) is 0 Å². The standard InChI is InChI=1S/C7H13N7O3S/c8-3(1-2-4(15)16)5(17)10-11-6-12-13-7(18)14(6)9/h3H,1-2,8-9H2,(H,10,17)(H,11,12)(H,13,18)(H,15,16). The van der Waals surface area contributed by atoms with E-state index in [-0.39, 0.29) is 23.6 Å². The molecule has 8 N–H and O–H groups in total. The summed E-state index contributed by atoms with van der Waals surface area (Å²) in [6.07, 6.45) is -0.164. The largest absolute Gasteiger partial charge is 0.481 e. The zero-order chi connectivity index (χ0) is 13.7. The van der Waals surface area contributed by atoms with Crippen molar-refractivity contribution < 1.29 is 14.7 Å². The maximum Gasteiger partial charge on any atom is 0.303 e. The third kappa shape index (κ3) is 3.71. The Hall–Kier alpha value is -2.14. The number of aromatic amines is 1. The number of amides is 1. The zero-order valence-corrected chi connectivity index (χ0v) is 10.0.